The maximum absolute atomic E-state index is 11.5. The molecule has 1 unspecified atom stereocenters. The predicted molar refractivity (Wildman–Crippen MR) is 65.7 cm³/mol. The summed E-state index contributed by atoms with van der Waals surface area (Å²) in [5, 5.41) is 0. The fourth-order valence-corrected chi connectivity index (χ4v) is 1.76. The van der Waals surface area contributed by atoms with E-state index in [0.29, 0.717) is 30.5 Å². The number of hydrogen-bond acceptors (Lipinski definition) is 2. The van der Waals surface area contributed by atoms with Crippen LogP contribution in [-0.4, -0.2) is 12.3 Å². The van der Waals surface area contributed by atoms with Crippen molar-refractivity contribution in [3.63, 3.8) is 0 Å². The van der Waals surface area contributed by atoms with E-state index < -0.39 is 0 Å². The zero-order valence-electron chi connectivity index (χ0n) is 10.2. The van der Waals surface area contributed by atoms with Crippen LogP contribution in [0.3, 0.4) is 0 Å². The summed E-state index contributed by atoms with van der Waals surface area (Å²) in [6.07, 6.45) is 5.99. The van der Waals surface area contributed by atoms with Gasteiger partial charge in [-0.1, -0.05) is 19.9 Å². The molecule has 0 aromatic rings. The van der Waals surface area contributed by atoms with Gasteiger partial charge in [-0.15, -0.1) is 6.58 Å². The van der Waals surface area contributed by atoms with Crippen molar-refractivity contribution in [2.75, 3.05) is 6.54 Å². The van der Waals surface area contributed by atoms with E-state index in [1.54, 1.807) is 6.08 Å². The van der Waals surface area contributed by atoms with Crippen molar-refractivity contribution in [2.24, 2.45) is 17.6 Å². The van der Waals surface area contributed by atoms with Gasteiger partial charge in [-0.25, -0.2) is 0 Å². The second kappa shape index (κ2) is 8.66. The third-order valence-electron chi connectivity index (χ3n) is 2.90. The number of ketones is 1. The molecule has 0 saturated carbocycles. The van der Waals surface area contributed by atoms with Crippen LogP contribution in [0, 0.1) is 11.8 Å². The van der Waals surface area contributed by atoms with Gasteiger partial charge in [-0.05, 0) is 37.6 Å². The first-order chi connectivity index (χ1) is 7.11. The number of carbonyl (C=O) groups is 1. The lowest BCUT2D eigenvalue weighted by Gasteiger charge is -2.19. The molecule has 0 aliphatic rings. The molecule has 0 bridgehead atoms. The third-order valence-corrected chi connectivity index (χ3v) is 2.90. The molecular formula is C13H25NO. The highest BCUT2D eigenvalue weighted by Crippen LogP contribution is 2.20. The monoisotopic (exact) mass is 211 g/mol. The number of rotatable bonds is 9. The van der Waals surface area contributed by atoms with E-state index in [-0.39, 0.29) is 0 Å². The molecule has 15 heavy (non-hydrogen) atoms. The fraction of sp³-hybridized carbons (Fsp3) is 0.769. The van der Waals surface area contributed by atoms with E-state index in [4.69, 9.17) is 5.73 Å². The van der Waals surface area contributed by atoms with Crippen LogP contribution in [0.1, 0.15) is 46.0 Å². The van der Waals surface area contributed by atoms with Crippen molar-refractivity contribution in [2.45, 2.75) is 46.0 Å². The fourth-order valence-electron chi connectivity index (χ4n) is 1.76. The minimum atomic E-state index is 0.359. The average Bonchev–Trinajstić information content (AvgIpc) is 2.20. The Labute approximate surface area is 93.9 Å². The Morgan fingerprint density at radius 3 is 2.47 bits per heavy atom. The van der Waals surface area contributed by atoms with Crippen molar-refractivity contribution in [1.82, 2.24) is 0 Å². The van der Waals surface area contributed by atoms with Crippen LogP contribution in [0.5, 0.6) is 0 Å². The van der Waals surface area contributed by atoms with E-state index in [1.807, 2.05) is 0 Å². The Morgan fingerprint density at radius 1 is 1.33 bits per heavy atom. The van der Waals surface area contributed by atoms with Crippen molar-refractivity contribution in [3.05, 3.63) is 12.7 Å². The minimum Gasteiger partial charge on any atom is -0.330 e. The molecule has 0 amide bonds. The highest BCUT2D eigenvalue weighted by molar-refractivity contribution is 5.78. The van der Waals surface area contributed by atoms with Gasteiger partial charge in [0, 0.05) is 12.8 Å². The number of hydrogen-bond donors (Lipinski definition) is 1. The Balaban J connectivity index is 3.77. The normalized spacial score (nSPS) is 12.8. The quantitative estimate of drug-likeness (QED) is 0.596. The van der Waals surface area contributed by atoms with Crippen LogP contribution < -0.4 is 5.73 Å². The summed E-state index contributed by atoms with van der Waals surface area (Å²) in [5.74, 6) is 1.58. The largest absolute Gasteiger partial charge is 0.330 e. The molecule has 0 fully saturated rings. The third kappa shape index (κ3) is 7.32. The van der Waals surface area contributed by atoms with Gasteiger partial charge in [0.2, 0.25) is 0 Å². The summed E-state index contributed by atoms with van der Waals surface area (Å²) in [5.41, 5.74) is 5.56. The summed E-state index contributed by atoms with van der Waals surface area (Å²) >= 11 is 0. The van der Waals surface area contributed by atoms with Crippen LogP contribution in [0.4, 0.5) is 0 Å². The smallest absolute Gasteiger partial charge is 0.133 e. The molecule has 0 rings (SSSR count). The van der Waals surface area contributed by atoms with E-state index in [1.165, 1.54) is 0 Å². The summed E-state index contributed by atoms with van der Waals surface area (Å²) in [4.78, 5) is 11.5. The zero-order chi connectivity index (χ0) is 11.7. The van der Waals surface area contributed by atoms with Crippen LogP contribution in [0.2, 0.25) is 0 Å². The van der Waals surface area contributed by atoms with Crippen LogP contribution in [0.25, 0.3) is 0 Å². The molecule has 88 valence electrons. The van der Waals surface area contributed by atoms with Gasteiger partial charge in [0.15, 0.2) is 0 Å². The number of carbonyl (C=O) groups excluding carboxylic acids is 1. The second-order valence-electron chi connectivity index (χ2n) is 4.49. The molecule has 0 saturated heterocycles. The van der Waals surface area contributed by atoms with Gasteiger partial charge in [-0.2, -0.15) is 0 Å². The summed E-state index contributed by atoms with van der Waals surface area (Å²) in [7, 11) is 0. The molecule has 0 spiro atoms. The van der Waals surface area contributed by atoms with Gasteiger partial charge in [0.25, 0.3) is 0 Å². The van der Waals surface area contributed by atoms with Crippen molar-refractivity contribution in [3.8, 4) is 0 Å². The summed E-state index contributed by atoms with van der Waals surface area (Å²) in [6, 6.07) is 0. The molecule has 0 aromatic heterocycles. The molecule has 1 atom stereocenters. The van der Waals surface area contributed by atoms with Crippen molar-refractivity contribution < 1.29 is 4.79 Å². The van der Waals surface area contributed by atoms with Crippen LogP contribution in [0.15, 0.2) is 12.7 Å². The van der Waals surface area contributed by atoms with Gasteiger partial charge in [0.05, 0.1) is 0 Å². The Hall–Kier alpha value is -0.630. The average molecular weight is 211 g/mol. The Morgan fingerprint density at radius 2 is 2.00 bits per heavy atom. The first kappa shape index (κ1) is 14.4. The first-order valence-corrected chi connectivity index (χ1v) is 5.94. The van der Waals surface area contributed by atoms with Crippen molar-refractivity contribution in [1.29, 1.82) is 0 Å². The van der Waals surface area contributed by atoms with Gasteiger partial charge in [-0.3, -0.25) is 4.79 Å². The van der Waals surface area contributed by atoms with Gasteiger partial charge in [0.1, 0.15) is 5.78 Å². The molecule has 2 nitrogen and oxygen atoms in total. The second-order valence-corrected chi connectivity index (χ2v) is 4.49. The Bertz CT molecular complexity index is 187. The lowest BCUT2D eigenvalue weighted by Crippen LogP contribution is -2.15. The van der Waals surface area contributed by atoms with Crippen LogP contribution >= 0.6 is 0 Å². The number of nitrogens with two attached hydrogens (primary N) is 1. The van der Waals surface area contributed by atoms with E-state index >= 15 is 0 Å². The molecular weight excluding hydrogens is 186 g/mol. The summed E-state index contributed by atoms with van der Waals surface area (Å²) < 4.78 is 0. The van der Waals surface area contributed by atoms with Crippen LogP contribution in [-0.2, 0) is 4.79 Å². The SMILES string of the molecule is C=CCCC(=O)CCC(CCN)C(C)C. The summed E-state index contributed by atoms with van der Waals surface area (Å²) in [6.45, 7) is 8.75. The molecule has 0 aromatic carbocycles. The molecule has 0 aliphatic heterocycles. The van der Waals surface area contributed by atoms with Crippen molar-refractivity contribution >= 4 is 5.78 Å². The molecule has 0 aliphatic carbocycles. The highest BCUT2D eigenvalue weighted by Gasteiger charge is 2.13. The van der Waals surface area contributed by atoms with E-state index in [0.717, 1.165) is 25.8 Å². The minimum absolute atomic E-state index is 0.359. The number of Topliss-reactive ketones (excluding diaryl/α,β-unsaturated/α-hetero) is 1. The van der Waals surface area contributed by atoms with Gasteiger partial charge >= 0.3 is 0 Å². The van der Waals surface area contributed by atoms with E-state index in [2.05, 4.69) is 20.4 Å². The standard InChI is InChI=1S/C13H25NO/c1-4-5-6-13(15)8-7-12(9-10-14)11(2)3/h4,11-12H,1,5-10,14H2,2-3H3. The lowest BCUT2D eigenvalue weighted by atomic mass is 9.87. The maximum atomic E-state index is 11.5. The first-order valence-electron chi connectivity index (χ1n) is 5.94. The molecule has 0 heterocycles. The topological polar surface area (TPSA) is 43.1 Å². The van der Waals surface area contributed by atoms with E-state index in [9.17, 15) is 4.79 Å². The molecule has 2 N–H and O–H groups in total. The van der Waals surface area contributed by atoms with Gasteiger partial charge < -0.3 is 5.73 Å². The predicted octanol–water partition coefficient (Wildman–Crippen LogP) is 2.92. The zero-order valence-corrected chi connectivity index (χ0v) is 10.2. The Kier molecular flexibility index (Phi) is 8.30. The number of allylic oxidation sites excluding steroid dienone is 1. The lowest BCUT2D eigenvalue weighted by molar-refractivity contribution is -0.119. The molecule has 0 radical (unpaired) electrons. The molecule has 2 heteroatoms. The highest BCUT2D eigenvalue weighted by atomic mass is 16.1. The maximum Gasteiger partial charge on any atom is 0.133 e.